The average molecular weight is 364 g/mol. The Morgan fingerprint density at radius 2 is 2.17 bits per heavy atom. The zero-order valence-electron chi connectivity index (χ0n) is 13.2. The first-order valence-electron chi connectivity index (χ1n) is 7.02. The second kappa shape index (κ2) is 6.26. The number of amides is 1. The van der Waals surface area contributed by atoms with Crippen LogP contribution < -0.4 is 15.6 Å². The maximum Gasteiger partial charge on any atom is 0.266 e. The number of thiophene rings is 1. The molecular formula is C16H14ClN3O3S. The van der Waals surface area contributed by atoms with E-state index in [0.717, 1.165) is 0 Å². The summed E-state index contributed by atoms with van der Waals surface area (Å²) in [4.78, 5) is 30.1. The fraction of sp³-hybridized carbons (Fsp3) is 0.188. The molecule has 1 amide bonds. The summed E-state index contributed by atoms with van der Waals surface area (Å²) >= 11 is 7.16. The summed E-state index contributed by atoms with van der Waals surface area (Å²) in [6, 6.07) is 4.96. The van der Waals surface area contributed by atoms with Crippen LogP contribution in [0.25, 0.3) is 10.2 Å². The first kappa shape index (κ1) is 16.5. The highest BCUT2D eigenvalue weighted by Crippen LogP contribution is 2.31. The molecule has 24 heavy (non-hydrogen) atoms. The Morgan fingerprint density at radius 1 is 1.42 bits per heavy atom. The van der Waals surface area contributed by atoms with Gasteiger partial charge in [-0.25, -0.2) is 4.98 Å². The van der Waals surface area contributed by atoms with Crippen molar-refractivity contribution in [2.45, 2.75) is 6.92 Å². The Bertz CT molecular complexity index is 1010. The summed E-state index contributed by atoms with van der Waals surface area (Å²) in [5, 5.41) is 3.73. The van der Waals surface area contributed by atoms with Crippen molar-refractivity contribution in [3.63, 3.8) is 0 Å². The molecule has 0 aliphatic rings. The third-order valence-electron chi connectivity index (χ3n) is 3.63. The lowest BCUT2D eigenvalue weighted by Gasteiger charge is -2.10. The van der Waals surface area contributed by atoms with E-state index in [-0.39, 0.29) is 11.5 Å². The Hall–Kier alpha value is -2.38. The van der Waals surface area contributed by atoms with Crippen molar-refractivity contribution in [2.24, 2.45) is 7.05 Å². The maximum atomic E-state index is 12.6. The minimum Gasteiger partial charge on any atom is -0.495 e. The molecular weight excluding hydrogens is 350 g/mol. The zero-order valence-corrected chi connectivity index (χ0v) is 14.8. The fourth-order valence-corrected chi connectivity index (χ4v) is 3.59. The zero-order chi connectivity index (χ0) is 17.4. The largest absolute Gasteiger partial charge is 0.495 e. The van der Waals surface area contributed by atoms with E-state index in [4.69, 9.17) is 16.3 Å². The lowest BCUT2D eigenvalue weighted by atomic mass is 10.2. The van der Waals surface area contributed by atoms with Crippen LogP contribution in [0, 0.1) is 6.92 Å². The number of hydrogen-bond acceptors (Lipinski definition) is 5. The van der Waals surface area contributed by atoms with Crippen molar-refractivity contribution in [3.8, 4) is 5.75 Å². The average Bonchev–Trinajstić information content (AvgIpc) is 2.89. The lowest BCUT2D eigenvalue weighted by molar-refractivity contribution is 0.102. The molecule has 6 nitrogen and oxygen atoms in total. The molecule has 0 aliphatic heterocycles. The summed E-state index contributed by atoms with van der Waals surface area (Å²) in [6.07, 6.45) is 1.45. The third kappa shape index (κ3) is 2.76. The van der Waals surface area contributed by atoms with Crippen LogP contribution in [0.5, 0.6) is 5.75 Å². The highest BCUT2D eigenvalue weighted by molar-refractivity contribution is 7.20. The number of anilines is 1. The Kier molecular flexibility index (Phi) is 4.29. The molecule has 3 aromatic rings. The van der Waals surface area contributed by atoms with Crippen LogP contribution in [-0.2, 0) is 7.05 Å². The standard InChI is InChI=1S/C16H14ClN3O3S/c1-8-12-15(18-7-20(2)16(12)22)24-13(8)14(21)19-10-6-9(17)4-5-11(10)23-3/h4-7H,1-3H3,(H,19,21). The number of aromatic nitrogens is 2. The molecule has 0 aliphatic carbocycles. The summed E-state index contributed by atoms with van der Waals surface area (Å²) in [5.74, 6) is 0.165. The number of aryl methyl sites for hydroxylation is 2. The summed E-state index contributed by atoms with van der Waals surface area (Å²) in [5.41, 5.74) is 0.906. The Labute approximate surface area is 146 Å². The van der Waals surface area contributed by atoms with Gasteiger partial charge in [-0.15, -0.1) is 11.3 Å². The number of hydrogen-bond donors (Lipinski definition) is 1. The van der Waals surface area contributed by atoms with Gasteiger partial charge in [-0.05, 0) is 30.7 Å². The Morgan fingerprint density at radius 3 is 2.88 bits per heavy atom. The van der Waals surface area contributed by atoms with Gasteiger partial charge in [-0.3, -0.25) is 9.59 Å². The molecule has 8 heteroatoms. The number of carbonyl (C=O) groups is 1. The van der Waals surface area contributed by atoms with Crippen LogP contribution in [0.3, 0.4) is 0 Å². The van der Waals surface area contributed by atoms with Gasteiger partial charge in [-0.1, -0.05) is 11.6 Å². The van der Waals surface area contributed by atoms with Gasteiger partial charge in [0, 0.05) is 12.1 Å². The predicted molar refractivity (Wildman–Crippen MR) is 95.6 cm³/mol. The van der Waals surface area contributed by atoms with E-state index in [1.54, 1.807) is 32.2 Å². The molecule has 0 unspecified atom stereocenters. The second-order valence-electron chi connectivity index (χ2n) is 5.20. The van der Waals surface area contributed by atoms with E-state index in [0.29, 0.717) is 37.1 Å². The summed E-state index contributed by atoms with van der Waals surface area (Å²) in [7, 11) is 3.14. The van der Waals surface area contributed by atoms with Gasteiger partial charge in [0.1, 0.15) is 10.6 Å². The van der Waals surface area contributed by atoms with Crippen LogP contribution in [0.2, 0.25) is 5.02 Å². The number of nitrogens with one attached hydrogen (secondary N) is 1. The normalized spacial score (nSPS) is 10.8. The highest BCUT2D eigenvalue weighted by atomic mass is 35.5. The van der Waals surface area contributed by atoms with Crippen LogP contribution in [0.4, 0.5) is 5.69 Å². The van der Waals surface area contributed by atoms with Crippen molar-refractivity contribution in [1.29, 1.82) is 0 Å². The van der Waals surface area contributed by atoms with Gasteiger partial charge in [0.25, 0.3) is 11.5 Å². The van der Waals surface area contributed by atoms with Gasteiger partial charge in [0.15, 0.2) is 0 Å². The molecule has 0 spiro atoms. The molecule has 0 atom stereocenters. The van der Waals surface area contributed by atoms with Crippen molar-refractivity contribution >= 4 is 44.7 Å². The predicted octanol–water partition coefficient (Wildman–Crippen LogP) is 3.22. The number of rotatable bonds is 3. The number of fused-ring (bicyclic) bond motifs is 1. The molecule has 0 radical (unpaired) electrons. The van der Waals surface area contributed by atoms with Crippen LogP contribution >= 0.6 is 22.9 Å². The summed E-state index contributed by atoms with van der Waals surface area (Å²) < 4.78 is 6.62. The minimum absolute atomic E-state index is 0.173. The van der Waals surface area contributed by atoms with E-state index in [1.165, 1.54) is 29.3 Å². The molecule has 124 valence electrons. The van der Waals surface area contributed by atoms with Gasteiger partial charge in [-0.2, -0.15) is 0 Å². The highest BCUT2D eigenvalue weighted by Gasteiger charge is 2.20. The first-order chi connectivity index (χ1) is 11.4. The first-order valence-corrected chi connectivity index (χ1v) is 8.21. The second-order valence-corrected chi connectivity index (χ2v) is 6.63. The molecule has 0 bridgehead atoms. The molecule has 3 rings (SSSR count). The Balaban J connectivity index is 2.04. The number of benzene rings is 1. The molecule has 1 aromatic carbocycles. The SMILES string of the molecule is COc1ccc(Cl)cc1NC(=O)c1sc2ncn(C)c(=O)c2c1C. The topological polar surface area (TPSA) is 73.2 Å². The van der Waals surface area contributed by atoms with Gasteiger partial charge >= 0.3 is 0 Å². The van der Waals surface area contributed by atoms with E-state index in [2.05, 4.69) is 10.3 Å². The third-order valence-corrected chi connectivity index (χ3v) is 5.06. The van der Waals surface area contributed by atoms with Crippen LogP contribution in [-0.4, -0.2) is 22.6 Å². The number of halogens is 1. The lowest BCUT2D eigenvalue weighted by Crippen LogP contribution is -2.17. The number of ether oxygens (including phenoxy) is 1. The molecule has 0 saturated heterocycles. The minimum atomic E-state index is -0.335. The van der Waals surface area contributed by atoms with Crippen molar-refractivity contribution in [3.05, 3.63) is 50.3 Å². The molecule has 2 heterocycles. The maximum absolute atomic E-state index is 12.6. The molecule has 0 fully saturated rings. The van der Waals surface area contributed by atoms with Gasteiger partial charge < -0.3 is 14.6 Å². The number of methoxy groups -OCH3 is 1. The number of nitrogens with zero attached hydrogens (tertiary/aromatic N) is 2. The fourth-order valence-electron chi connectivity index (χ4n) is 2.38. The van der Waals surface area contributed by atoms with Crippen molar-refractivity contribution in [2.75, 3.05) is 12.4 Å². The smallest absolute Gasteiger partial charge is 0.266 e. The van der Waals surface area contributed by atoms with E-state index >= 15 is 0 Å². The van der Waals surface area contributed by atoms with Gasteiger partial charge in [0.05, 0.1) is 29.4 Å². The molecule has 0 saturated carbocycles. The van der Waals surface area contributed by atoms with Crippen LogP contribution in [0.15, 0.2) is 29.3 Å². The molecule has 1 N–H and O–H groups in total. The summed E-state index contributed by atoms with van der Waals surface area (Å²) in [6.45, 7) is 1.74. The van der Waals surface area contributed by atoms with E-state index in [9.17, 15) is 9.59 Å². The molecule has 2 aromatic heterocycles. The van der Waals surface area contributed by atoms with E-state index in [1.807, 2.05) is 0 Å². The monoisotopic (exact) mass is 363 g/mol. The van der Waals surface area contributed by atoms with Gasteiger partial charge in [0.2, 0.25) is 0 Å². The van der Waals surface area contributed by atoms with Crippen molar-refractivity contribution < 1.29 is 9.53 Å². The quantitative estimate of drug-likeness (QED) is 0.775. The van der Waals surface area contributed by atoms with E-state index < -0.39 is 0 Å². The number of carbonyl (C=O) groups excluding carboxylic acids is 1. The van der Waals surface area contributed by atoms with Crippen LogP contribution in [0.1, 0.15) is 15.2 Å². The van der Waals surface area contributed by atoms with Crippen molar-refractivity contribution in [1.82, 2.24) is 9.55 Å².